The van der Waals surface area contributed by atoms with E-state index < -0.39 is 0 Å². The number of piperidine rings is 1. The number of hydrogen-bond donors (Lipinski definition) is 3. The van der Waals surface area contributed by atoms with Crippen molar-refractivity contribution in [2.75, 3.05) is 30.3 Å². The fourth-order valence-corrected chi connectivity index (χ4v) is 4.07. The Hall–Kier alpha value is -2.08. The summed E-state index contributed by atoms with van der Waals surface area (Å²) in [5.41, 5.74) is 2.13. The third kappa shape index (κ3) is 4.85. The molecule has 1 saturated heterocycles. The summed E-state index contributed by atoms with van der Waals surface area (Å²) in [6.45, 7) is 9.30. The van der Waals surface area contributed by atoms with E-state index in [1.54, 1.807) is 6.07 Å². The van der Waals surface area contributed by atoms with Gasteiger partial charge >= 0.3 is 0 Å². The molecule has 0 bridgehead atoms. The van der Waals surface area contributed by atoms with E-state index in [1.807, 2.05) is 12.1 Å². The molecule has 3 N–H and O–H groups in total. The number of nitrogens with zero attached hydrogens (tertiary/aromatic N) is 1. The van der Waals surface area contributed by atoms with Crippen LogP contribution >= 0.6 is 0 Å². The Morgan fingerprint density at radius 1 is 1.32 bits per heavy atom. The lowest BCUT2D eigenvalue weighted by Gasteiger charge is -2.33. The topological polar surface area (TPSA) is 73.5 Å². The van der Waals surface area contributed by atoms with Crippen molar-refractivity contribution in [2.24, 2.45) is 5.92 Å². The second-order valence-corrected chi connectivity index (χ2v) is 8.25. The molecule has 6 nitrogen and oxygen atoms in total. The molecule has 3 unspecified atom stereocenters. The second-order valence-electron chi connectivity index (χ2n) is 8.25. The Bertz CT molecular complexity index is 706. The van der Waals surface area contributed by atoms with E-state index >= 15 is 0 Å². The molecular weight excluding hydrogens is 352 g/mol. The molecule has 6 heteroatoms. The van der Waals surface area contributed by atoms with Gasteiger partial charge in [-0.25, -0.2) is 0 Å². The van der Waals surface area contributed by atoms with Crippen LogP contribution in [0.3, 0.4) is 0 Å². The van der Waals surface area contributed by atoms with Crippen LogP contribution in [0.4, 0.5) is 11.4 Å². The number of likely N-dealkylation sites (tertiary alicyclic amines) is 1. The minimum atomic E-state index is -0.227. The predicted molar refractivity (Wildman–Crippen MR) is 114 cm³/mol. The molecule has 2 amide bonds. The van der Waals surface area contributed by atoms with Crippen molar-refractivity contribution in [1.29, 1.82) is 0 Å². The summed E-state index contributed by atoms with van der Waals surface area (Å²) in [5.74, 6) is 0.126. The molecule has 0 aromatic heterocycles. The number of carbonyl (C=O) groups is 2. The van der Waals surface area contributed by atoms with Gasteiger partial charge in [0.15, 0.2) is 0 Å². The molecule has 0 saturated carbocycles. The van der Waals surface area contributed by atoms with Crippen LogP contribution in [0, 0.1) is 5.92 Å². The Morgan fingerprint density at radius 3 is 2.89 bits per heavy atom. The third-order valence-corrected chi connectivity index (χ3v) is 6.19. The van der Waals surface area contributed by atoms with Gasteiger partial charge in [0.25, 0.3) is 5.91 Å². The minimum absolute atomic E-state index is 0.0324. The maximum atomic E-state index is 12.5. The van der Waals surface area contributed by atoms with Gasteiger partial charge in [0.05, 0.1) is 11.4 Å². The molecule has 2 aliphatic rings. The molecule has 0 aliphatic carbocycles. The number of carbonyl (C=O) groups excluding carboxylic acids is 2. The highest BCUT2D eigenvalue weighted by atomic mass is 16.2. The van der Waals surface area contributed by atoms with Gasteiger partial charge in [-0.15, -0.1) is 0 Å². The van der Waals surface area contributed by atoms with Crippen molar-refractivity contribution in [2.45, 2.75) is 65.0 Å². The maximum Gasteiger partial charge on any atom is 0.251 e. The van der Waals surface area contributed by atoms with Crippen LogP contribution in [0.2, 0.25) is 0 Å². The molecule has 3 atom stereocenters. The van der Waals surface area contributed by atoms with Crippen LogP contribution < -0.4 is 16.0 Å². The zero-order valence-corrected chi connectivity index (χ0v) is 17.4. The lowest BCUT2D eigenvalue weighted by Crippen LogP contribution is -2.43. The number of nitrogens with one attached hydrogen (secondary N) is 3. The highest BCUT2D eigenvalue weighted by molar-refractivity contribution is 6.05. The number of amides is 2. The summed E-state index contributed by atoms with van der Waals surface area (Å²) in [6, 6.07) is 5.89. The molecule has 0 radical (unpaired) electrons. The van der Waals surface area contributed by atoms with Crippen molar-refractivity contribution in [3.8, 4) is 0 Å². The summed E-state index contributed by atoms with van der Waals surface area (Å²) in [7, 11) is 0. The Morgan fingerprint density at radius 2 is 2.14 bits per heavy atom. The van der Waals surface area contributed by atoms with Crippen molar-refractivity contribution in [3.05, 3.63) is 23.8 Å². The molecule has 2 heterocycles. The lowest BCUT2D eigenvalue weighted by molar-refractivity contribution is -0.118. The van der Waals surface area contributed by atoms with Gasteiger partial charge in [0.1, 0.15) is 6.04 Å². The molecule has 1 aromatic rings. The van der Waals surface area contributed by atoms with E-state index in [2.05, 4.69) is 41.6 Å². The van der Waals surface area contributed by atoms with E-state index in [9.17, 15) is 9.59 Å². The first-order valence-electron chi connectivity index (χ1n) is 10.7. The van der Waals surface area contributed by atoms with Crippen LogP contribution in [0.1, 0.15) is 63.2 Å². The summed E-state index contributed by atoms with van der Waals surface area (Å²) >= 11 is 0. The highest BCUT2D eigenvalue weighted by Crippen LogP contribution is 2.30. The summed E-state index contributed by atoms with van der Waals surface area (Å²) in [5, 5.41) is 9.26. The van der Waals surface area contributed by atoms with E-state index in [-0.39, 0.29) is 23.8 Å². The first-order valence-corrected chi connectivity index (χ1v) is 10.7. The lowest BCUT2D eigenvalue weighted by atomic mass is 9.95. The molecule has 2 aliphatic heterocycles. The van der Waals surface area contributed by atoms with Gasteiger partial charge in [-0.1, -0.05) is 26.7 Å². The van der Waals surface area contributed by atoms with Gasteiger partial charge in [-0.05, 0) is 56.8 Å². The van der Waals surface area contributed by atoms with Gasteiger partial charge < -0.3 is 20.9 Å². The van der Waals surface area contributed by atoms with Crippen molar-refractivity contribution in [1.82, 2.24) is 10.2 Å². The summed E-state index contributed by atoms with van der Waals surface area (Å²) < 4.78 is 0. The van der Waals surface area contributed by atoms with E-state index in [1.165, 1.54) is 25.8 Å². The maximum absolute atomic E-state index is 12.5. The molecule has 1 fully saturated rings. The fraction of sp³-hybridized carbons (Fsp3) is 0.636. The number of hydrogen-bond acceptors (Lipinski definition) is 4. The van der Waals surface area contributed by atoms with Crippen LogP contribution in [-0.4, -0.2) is 48.4 Å². The Labute approximate surface area is 168 Å². The minimum Gasteiger partial charge on any atom is -0.372 e. The monoisotopic (exact) mass is 386 g/mol. The van der Waals surface area contributed by atoms with E-state index in [0.717, 1.165) is 25.1 Å². The Balaban J connectivity index is 1.51. The predicted octanol–water partition coefficient (Wildman–Crippen LogP) is 3.46. The van der Waals surface area contributed by atoms with E-state index in [4.69, 9.17) is 0 Å². The van der Waals surface area contributed by atoms with Gasteiger partial charge in [-0.2, -0.15) is 0 Å². The van der Waals surface area contributed by atoms with Crippen LogP contribution in [-0.2, 0) is 4.79 Å². The fourth-order valence-electron chi connectivity index (χ4n) is 4.07. The van der Waals surface area contributed by atoms with Crippen molar-refractivity contribution < 1.29 is 9.59 Å². The van der Waals surface area contributed by atoms with Gasteiger partial charge in [0.2, 0.25) is 5.91 Å². The van der Waals surface area contributed by atoms with Crippen molar-refractivity contribution in [3.63, 3.8) is 0 Å². The molecule has 154 valence electrons. The summed E-state index contributed by atoms with van der Waals surface area (Å²) in [4.78, 5) is 27.4. The average Bonchev–Trinajstić information content (AvgIpc) is 2.70. The first-order chi connectivity index (χ1) is 13.5. The summed E-state index contributed by atoms with van der Waals surface area (Å²) in [6.07, 6.45) is 5.77. The Kier molecular flexibility index (Phi) is 6.94. The molecule has 28 heavy (non-hydrogen) atoms. The largest absolute Gasteiger partial charge is 0.372 e. The average molecular weight is 387 g/mol. The van der Waals surface area contributed by atoms with Crippen LogP contribution in [0.25, 0.3) is 0 Å². The molecule has 1 aromatic carbocycles. The first kappa shape index (κ1) is 20.6. The second kappa shape index (κ2) is 9.41. The number of benzene rings is 1. The smallest absolute Gasteiger partial charge is 0.251 e. The van der Waals surface area contributed by atoms with Gasteiger partial charge in [0, 0.05) is 24.7 Å². The number of anilines is 2. The number of rotatable bonds is 7. The van der Waals surface area contributed by atoms with Crippen LogP contribution in [0.15, 0.2) is 18.2 Å². The standard InChI is InChI=1S/C22H34N4O2/c1-4-15(2)20-22(28)25-19-14-17(9-10-18(19)24-20)21(27)23-11-7-13-26-12-6-5-8-16(26)3/h9-10,14-16,20,24H,4-8,11-13H2,1-3H3,(H,23,27)(H,25,28). The van der Waals surface area contributed by atoms with Crippen molar-refractivity contribution >= 4 is 23.2 Å². The number of fused-ring (bicyclic) bond motifs is 1. The highest BCUT2D eigenvalue weighted by Gasteiger charge is 2.29. The van der Waals surface area contributed by atoms with Gasteiger partial charge in [-0.3, -0.25) is 9.59 Å². The zero-order valence-electron chi connectivity index (χ0n) is 17.4. The molecule has 3 rings (SSSR count). The SMILES string of the molecule is CCC(C)C1Nc2ccc(C(=O)NCCCN3CCCCC3C)cc2NC1=O. The zero-order chi connectivity index (χ0) is 20.1. The molecule has 0 spiro atoms. The van der Waals surface area contributed by atoms with Crippen LogP contribution in [0.5, 0.6) is 0 Å². The third-order valence-electron chi connectivity index (χ3n) is 6.19. The normalized spacial score (nSPS) is 23.3. The quantitative estimate of drug-likeness (QED) is 0.628. The molecular formula is C22H34N4O2. The van der Waals surface area contributed by atoms with E-state index in [0.29, 0.717) is 23.8 Å².